The lowest BCUT2D eigenvalue weighted by Crippen LogP contribution is -2.63. The number of benzene rings is 1. The lowest BCUT2D eigenvalue weighted by molar-refractivity contribution is -0.347. The number of hydrogen-bond donors (Lipinski definition) is 7. The Kier molecular flexibility index (Phi) is 9.57. The molecule has 2 aromatic rings. The fraction of sp³-hybridized carbons (Fsp3) is 0.609. The molecule has 4 rings (SSSR count). The molecule has 0 bridgehead atoms. The maximum Gasteiger partial charge on any atom is 0.232 e. The summed E-state index contributed by atoms with van der Waals surface area (Å²) in [5, 5.41) is 88.0. The predicted molar refractivity (Wildman–Crippen MR) is 134 cm³/mol. The third-order valence-corrected chi connectivity index (χ3v) is 7.93. The second-order valence-electron chi connectivity index (χ2n) is 9.65. The number of nitrogens with zero attached hydrogens (tertiary/aromatic N) is 5. The van der Waals surface area contributed by atoms with Crippen LogP contribution in [0, 0.1) is 11.3 Å². The van der Waals surface area contributed by atoms with E-state index in [1.165, 1.54) is 30.5 Å². The number of nitriles is 1. The van der Waals surface area contributed by atoms with E-state index in [4.69, 9.17) is 19.5 Å². The number of aromatic nitrogens is 3. The smallest absolute Gasteiger partial charge is 0.232 e. The Balaban J connectivity index is 1.50. The number of rotatable bonds is 9. The van der Waals surface area contributed by atoms with Gasteiger partial charge in [0.25, 0.3) is 0 Å². The Morgan fingerprint density at radius 2 is 1.63 bits per heavy atom. The standard InChI is InChI=1S/C23H31N5O12S/c1-41(36,37)28(13-4-2-11(6-24)3-5-13)8-12-7-27(26-25-12)22-19(34)18(33)21(15(10-30)38-22)40-23-20(35)17(32)16(31)14(9-29)39-23/h2-5,7,14-23,29-35H,8-10H2,1H3/t14-,15-,16+,17+,18-,19-,20-,21-,22+,23+/m1/s1. The van der Waals surface area contributed by atoms with Crippen LogP contribution in [0.4, 0.5) is 5.69 Å². The topological polar surface area (TPSA) is 261 Å². The summed E-state index contributed by atoms with van der Waals surface area (Å²) >= 11 is 0. The highest BCUT2D eigenvalue weighted by atomic mass is 32.2. The van der Waals surface area contributed by atoms with Gasteiger partial charge in [-0.05, 0) is 24.3 Å². The van der Waals surface area contributed by atoms with Gasteiger partial charge in [-0.15, -0.1) is 5.10 Å². The second-order valence-corrected chi connectivity index (χ2v) is 11.6. The van der Waals surface area contributed by atoms with Crippen molar-refractivity contribution >= 4 is 15.7 Å². The molecule has 0 aliphatic carbocycles. The summed E-state index contributed by atoms with van der Waals surface area (Å²) in [6, 6.07) is 7.76. The SMILES string of the molecule is CS(=O)(=O)N(Cc1cn([C@H]2O[C@H](CO)[C@@H](O[C@@H]3O[C@H](CO)[C@H](O)[C@H](O)[C@H]3O)[C@H](O)[C@H]2O)nn1)c1ccc(C#N)cc1. The van der Waals surface area contributed by atoms with Crippen LogP contribution in [0.5, 0.6) is 0 Å². The lowest BCUT2D eigenvalue weighted by atomic mass is 9.96. The van der Waals surface area contributed by atoms with E-state index >= 15 is 0 Å². The van der Waals surface area contributed by atoms with E-state index in [0.717, 1.165) is 15.2 Å². The van der Waals surface area contributed by atoms with E-state index in [1.807, 2.05) is 6.07 Å². The quantitative estimate of drug-likeness (QED) is 0.144. The average Bonchev–Trinajstić information content (AvgIpc) is 3.42. The molecule has 7 N–H and O–H groups in total. The molecular formula is C23H31N5O12S. The van der Waals surface area contributed by atoms with Crippen molar-refractivity contribution in [3.8, 4) is 6.07 Å². The Morgan fingerprint density at radius 1 is 0.976 bits per heavy atom. The summed E-state index contributed by atoms with van der Waals surface area (Å²) in [6.07, 6.45) is -13.7. The van der Waals surface area contributed by atoms with Gasteiger partial charge in [-0.25, -0.2) is 13.1 Å². The van der Waals surface area contributed by atoms with Gasteiger partial charge in [0, 0.05) is 0 Å². The summed E-state index contributed by atoms with van der Waals surface area (Å²) in [4.78, 5) is 0. The van der Waals surface area contributed by atoms with E-state index < -0.39 is 84.6 Å². The van der Waals surface area contributed by atoms with Gasteiger partial charge in [-0.1, -0.05) is 5.21 Å². The maximum absolute atomic E-state index is 12.5. The largest absolute Gasteiger partial charge is 0.394 e. The summed E-state index contributed by atoms with van der Waals surface area (Å²) < 4.78 is 43.5. The molecule has 2 saturated heterocycles. The average molecular weight is 602 g/mol. The number of aliphatic hydroxyl groups excluding tert-OH is 7. The highest BCUT2D eigenvalue weighted by Gasteiger charge is 2.51. The van der Waals surface area contributed by atoms with Crippen molar-refractivity contribution in [1.29, 1.82) is 5.26 Å². The third kappa shape index (κ3) is 6.50. The van der Waals surface area contributed by atoms with Gasteiger partial charge < -0.3 is 50.0 Å². The Bertz CT molecular complexity index is 1320. The van der Waals surface area contributed by atoms with Gasteiger partial charge in [0.1, 0.15) is 54.5 Å². The van der Waals surface area contributed by atoms with Gasteiger partial charge in [-0.3, -0.25) is 4.31 Å². The first-order chi connectivity index (χ1) is 19.4. The van der Waals surface area contributed by atoms with E-state index in [2.05, 4.69) is 10.3 Å². The number of ether oxygens (including phenoxy) is 3. The summed E-state index contributed by atoms with van der Waals surface area (Å²) in [5.41, 5.74) is 0.728. The molecule has 18 heteroatoms. The molecule has 10 atom stereocenters. The van der Waals surface area contributed by atoms with Crippen molar-refractivity contribution in [3.63, 3.8) is 0 Å². The molecular weight excluding hydrogens is 570 g/mol. The first kappa shape index (κ1) is 31.1. The van der Waals surface area contributed by atoms with Crippen LogP contribution in [-0.4, -0.2) is 134 Å². The molecule has 1 aromatic heterocycles. The summed E-state index contributed by atoms with van der Waals surface area (Å²) in [7, 11) is -3.80. The minimum Gasteiger partial charge on any atom is -0.394 e. The van der Waals surface area contributed by atoms with Crippen LogP contribution in [0.3, 0.4) is 0 Å². The molecule has 41 heavy (non-hydrogen) atoms. The van der Waals surface area contributed by atoms with Crippen molar-refractivity contribution in [1.82, 2.24) is 15.0 Å². The fourth-order valence-electron chi connectivity index (χ4n) is 4.55. The molecule has 0 spiro atoms. The highest BCUT2D eigenvalue weighted by molar-refractivity contribution is 7.92. The van der Waals surface area contributed by atoms with Crippen LogP contribution < -0.4 is 4.31 Å². The third-order valence-electron chi connectivity index (χ3n) is 6.79. The van der Waals surface area contributed by atoms with Crippen LogP contribution in [0.2, 0.25) is 0 Å². The van der Waals surface area contributed by atoms with E-state index in [-0.39, 0.29) is 17.9 Å². The molecule has 3 heterocycles. The van der Waals surface area contributed by atoms with Crippen LogP contribution in [-0.2, 0) is 30.8 Å². The number of aliphatic hydroxyl groups is 7. The first-order valence-corrected chi connectivity index (χ1v) is 14.2. The highest BCUT2D eigenvalue weighted by Crippen LogP contribution is 2.33. The normalized spacial score (nSPS) is 34.2. The molecule has 1 aromatic carbocycles. The second kappa shape index (κ2) is 12.6. The van der Waals surface area contributed by atoms with E-state index in [1.54, 1.807) is 0 Å². The van der Waals surface area contributed by atoms with Gasteiger partial charge in [0.05, 0.1) is 49.5 Å². The number of sulfonamides is 1. The predicted octanol–water partition coefficient (Wildman–Crippen LogP) is -4.09. The van der Waals surface area contributed by atoms with Crippen LogP contribution in [0.15, 0.2) is 30.5 Å². The summed E-state index contributed by atoms with van der Waals surface area (Å²) in [5.74, 6) is 0. The number of hydrogen-bond acceptors (Lipinski definition) is 15. The minimum atomic E-state index is -3.80. The fourth-order valence-corrected chi connectivity index (χ4v) is 5.42. The van der Waals surface area contributed by atoms with Crippen molar-refractivity contribution in [2.75, 3.05) is 23.8 Å². The van der Waals surface area contributed by atoms with Crippen LogP contribution in [0.25, 0.3) is 0 Å². The monoisotopic (exact) mass is 601 g/mol. The molecule has 0 saturated carbocycles. The van der Waals surface area contributed by atoms with Crippen molar-refractivity contribution in [3.05, 3.63) is 41.7 Å². The maximum atomic E-state index is 12.5. The molecule has 0 radical (unpaired) electrons. The lowest BCUT2D eigenvalue weighted by Gasteiger charge is -2.45. The van der Waals surface area contributed by atoms with Gasteiger partial charge >= 0.3 is 0 Å². The zero-order valence-electron chi connectivity index (χ0n) is 21.6. The van der Waals surface area contributed by atoms with E-state index in [9.17, 15) is 44.2 Å². The number of anilines is 1. The zero-order valence-corrected chi connectivity index (χ0v) is 22.4. The van der Waals surface area contributed by atoms with Crippen molar-refractivity contribution in [2.24, 2.45) is 0 Å². The van der Waals surface area contributed by atoms with Crippen molar-refractivity contribution in [2.45, 2.75) is 67.9 Å². The Morgan fingerprint density at radius 3 is 2.22 bits per heavy atom. The van der Waals surface area contributed by atoms with Crippen LogP contribution >= 0.6 is 0 Å². The zero-order chi connectivity index (χ0) is 30.1. The Hall–Kier alpha value is -2.80. The van der Waals surface area contributed by atoms with E-state index in [0.29, 0.717) is 5.56 Å². The molecule has 0 unspecified atom stereocenters. The van der Waals surface area contributed by atoms with Gasteiger partial charge in [-0.2, -0.15) is 5.26 Å². The molecule has 2 aliphatic heterocycles. The van der Waals surface area contributed by atoms with Crippen molar-refractivity contribution < 1.29 is 58.4 Å². The van der Waals surface area contributed by atoms with Gasteiger partial charge in [0.15, 0.2) is 12.5 Å². The first-order valence-electron chi connectivity index (χ1n) is 12.4. The van der Waals surface area contributed by atoms with Gasteiger partial charge in [0.2, 0.25) is 10.0 Å². The minimum absolute atomic E-state index is 0.130. The summed E-state index contributed by atoms with van der Waals surface area (Å²) in [6.45, 7) is -1.74. The molecule has 2 aliphatic rings. The van der Waals surface area contributed by atoms with Crippen LogP contribution in [0.1, 0.15) is 17.5 Å². The Labute approximate surface area is 234 Å². The molecule has 17 nitrogen and oxygen atoms in total. The molecule has 0 amide bonds. The molecule has 226 valence electrons. The molecule has 2 fully saturated rings.